The molecule has 0 amide bonds. The van der Waals surface area contributed by atoms with E-state index >= 15 is 0 Å². The molecule has 0 saturated heterocycles. The second-order valence-electron chi connectivity index (χ2n) is 13.3. The summed E-state index contributed by atoms with van der Waals surface area (Å²) in [5, 5.41) is 11.6. The smallest absolute Gasteiger partial charge is 0.172 e. The topological polar surface area (TPSA) is 3.24 Å². The zero-order chi connectivity index (χ0) is 34.7. The summed E-state index contributed by atoms with van der Waals surface area (Å²) < 4.78 is 0. The van der Waals surface area contributed by atoms with Crippen molar-refractivity contribution in [3.63, 3.8) is 0 Å². The molecule has 0 radical (unpaired) electrons. The van der Waals surface area contributed by atoms with Crippen LogP contribution in [0.3, 0.4) is 0 Å². The summed E-state index contributed by atoms with van der Waals surface area (Å²) in [5.41, 5.74) is 7.21. The molecule has 0 N–H and O–H groups in total. The Morgan fingerprint density at radius 3 is 1.17 bits per heavy atom. The summed E-state index contributed by atoms with van der Waals surface area (Å²) in [7, 11) is -2.60. The number of rotatable bonds is 8. The van der Waals surface area contributed by atoms with Gasteiger partial charge in [-0.15, -0.1) is 0 Å². The molecule has 0 aliphatic rings. The second-order valence-corrected chi connectivity index (χ2v) is 17.0. The number of para-hydroxylation sites is 2. The van der Waals surface area contributed by atoms with Crippen LogP contribution < -0.4 is 20.5 Å². The van der Waals surface area contributed by atoms with E-state index in [-0.39, 0.29) is 0 Å². The van der Waals surface area contributed by atoms with E-state index in [1.54, 1.807) is 0 Å². The summed E-state index contributed by atoms with van der Waals surface area (Å²) in [4.78, 5) is 2.39. The van der Waals surface area contributed by atoms with Crippen LogP contribution in [0.4, 0.5) is 17.1 Å². The van der Waals surface area contributed by atoms with Crippen LogP contribution >= 0.6 is 0 Å². The summed E-state index contributed by atoms with van der Waals surface area (Å²) in [5.74, 6) is 0. The molecule has 1 nitrogen and oxygen atoms in total. The van der Waals surface area contributed by atoms with Gasteiger partial charge in [0.1, 0.15) is 0 Å². The van der Waals surface area contributed by atoms with Gasteiger partial charge in [0, 0.05) is 16.8 Å². The highest BCUT2D eigenvalue weighted by molar-refractivity contribution is 7.15. The Labute approximate surface area is 306 Å². The van der Waals surface area contributed by atoms with Gasteiger partial charge in [-0.25, -0.2) is 0 Å². The molecular formula is C50H37NSi. The maximum Gasteiger partial charge on any atom is 0.172 e. The number of hydrogen-bond acceptors (Lipinski definition) is 1. The predicted octanol–water partition coefficient (Wildman–Crippen LogP) is 11.3. The normalized spacial score (nSPS) is 11.8. The Balaban J connectivity index is 1.32. The fourth-order valence-corrected chi connectivity index (χ4v) is 12.1. The van der Waals surface area contributed by atoms with E-state index in [1.807, 2.05) is 0 Å². The van der Waals surface area contributed by atoms with Crippen molar-refractivity contribution < 1.29 is 0 Å². The first-order chi connectivity index (χ1) is 25.8. The minimum Gasteiger partial charge on any atom is -0.310 e. The highest BCUT2D eigenvalue weighted by atomic mass is 28.3. The van der Waals surface area contributed by atoms with Crippen molar-refractivity contribution in [3.8, 4) is 0 Å². The number of benzene rings is 9. The van der Waals surface area contributed by atoms with Gasteiger partial charge < -0.3 is 4.90 Å². The third-order valence-corrected chi connectivity index (χ3v) is 14.8. The van der Waals surface area contributed by atoms with Crippen molar-refractivity contribution in [1.82, 2.24) is 0 Å². The molecule has 9 aromatic rings. The summed E-state index contributed by atoms with van der Waals surface area (Å²) in [6, 6.07) is 77.4. The van der Waals surface area contributed by atoms with Gasteiger partial charge in [0.05, 0.1) is 5.69 Å². The lowest BCUT2D eigenvalue weighted by atomic mass is 9.92. The minimum atomic E-state index is -2.60. The van der Waals surface area contributed by atoms with E-state index < -0.39 is 8.07 Å². The molecule has 246 valence electrons. The van der Waals surface area contributed by atoms with Gasteiger partial charge in [-0.05, 0) is 84.5 Å². The molecule has 0 unspecified atom stereocenters. The molecule has 0 fully saturated rings. The van der Waals surface area contributed by atoms with Crippen molar-refractivity contribution in [2.24, 2.45) is 0 Å². The number of hydrogen-bond donors (Lipinski definition) is 0. The quantitative estimate of drug-likeness (QED) is 0.0878. The fourth-order valence-electron chi connectivity index (χ4n) is 7.97. The Bertz CT molecular complexity index is 2520. The van der Waals surface area contributed by atoms with Crippen molar-refractivity contribution in [2.75, 3.05) is 4.90 Å². The van der Waals surface area contributed by atoms with Gasteiger partial charge in [0.15, 0.2) is 8.07 Å². The van der Waals surface area contributed by atoms with E-state index in [1.165, 1.54) is 53.4 Å². The molecule has 0 aromatic heterocycles. The van der Waals surface area contributed by atoms with Gasteiger partial charge in [-0.1, -0.05) is 188 Å². The van der Waals surface area contributed by atoms with E-state index in [9.17, 15) is 0 Å². The molecular weight excluding hydrogens is 643 g/mol. The number of fused-ring (bicyclic) bond motifs is 5. The van der Waals surface area contributed by atoms with E-state index in [0.29, 0.717) is 0 Å². The number of anilines is 3. The van der Waals surface area contributed by atoms with Crippen LogP contribution in [-0.2, 0) is 0 Å². The molecule has 52 heavy (non-hydrogen) atoms. The lowest BCUT2D eigenvalue weighted by Gasteiger charge is -2.31. The van der Waals surface area contributed by atoms with Gasteiger partial charge >= 0.3 is 0 Å². The fraction of sp³-hybridized carbons (Fsp3) is 0. The van der Waals surface area contributed by atoms with Crippen molar-refractivity contribution in [3.05, 3.63) is 224 Å². The summed E-state index contributed by atoms with van der Waals surface area (Å²) in [6.07, 6.45) is 2.42. The second kappa shape index (κ2) is 13.7. The van der Waals surface area contributed by atoms with Crippen LogP contribution in [0.5, 0.6) is 0 Å². The van der Waals surface area contributed by atoms with E-state index in [2.05, 4.69) is 229 Å². The minimum absolute atomic E-state index is 1.13. The first-order valence-electron chi connectivity index (χ1n) is 17.9. The molecule has 9 rings (SSSR count). The largest absolute Gasteiger partial charge is 0.310 e. The average Bonchev–Trinajstić information content (AvgIpc) is 3.23. The van der Waals surface area contributed by atoms with Crippen molar-refractivity contribution >= 4 is 79.1 Å². The third-order valence-electron chi connectivity index (χ3n) is 10.4. The van der Waals surface area contributed by atoms with Crippen LogP contribution in [0.25, 0.3) is 38.4 Å². The van der Waals surface area contributed by atoms with Crippen LogP contribution in [0, 0.1) is 0 Å². The van der Waals surface area contributed by atoms with Crippen LogP contribution in [0.2, 0.25) is 0 Å². The lowest BCUT2D eigenvalue weighted by molar-refractivity contribution is 1.30. The average molecular weight is 680 g/mol. The Kier molecular flexibility index (Phi) is 8.28. The molecule has 0 saturated carbocycles. The molecule has 0 atom stereocenters. The van der Waals surface area contributed by atoms with Crippen molar-refractivity contribution in [2.45, 2.75) is 0 Å². The molecule has 2 heteroatoms. The first-order valence-corrected chi connectivity index (χ1v) is 20.0. The van der Waals surface area contributed by atoms with Gasteiger partial charge in [0.2, 0.25) is 0 Å². The van der Waals surface area contributed by atoms with E-state index in [0.717, 1.165) is 17.1 Å². The third kappa shape index (κ3) is 5.51. The highest BCUT2D eigenvalue weighted by Gasteiger charge is 2.36. The summed E-state index contributed by atoms with van der Waals surface area (Å²) in [6.45, 7) is 0. The molecule has 0 aliphatic carbocycles. The van der Waals surface area contributed by atoms with Crippen LogP contribution in [0.15, 0.2) is 218 Å². The first kappa shape index (κ1) is 31.5. The maximum absolute atomic E-state index is 2.60. The highest BCUT2D eigenvalue weighted by Crippen LogP contribution is 2.44. The Hall–Kier alpha value is -6.48. The molecule has 0 spiro atoms. The SMILES string of the molecule is C(=C[Si](c1ccccc1)(c1ccccc1)c1ccccc1)c1cc2c3ccccc3c(N(c3ccccc3)c3ccccc3)cc2c2ccccc12. The van der Waals surface area contributed by atoms with Gasteiger partial charge in [-0.3, -0.25) is 0 Å². The van der Waals surface area contributed by atoms with Crippen molar-refractivity contribution in [1.29, 1.82) is 0 Å². The zero-order valence-corrected chi connectivity index (χ0v) is 29.8. The predicted molar refractivity (Wildman–Crippen MR) is 227 cm³/mol. The zero-order valence-electron chi connectivity index (χ0n) is 28.8. The molecule has 0 bridgehead atoms. The number of nitrogens with zero attached hydrogens (tertiary/aromatic N) is 1. The molecule has 9 aromatic carbocycles. The molecule has 0 heterocycles. The maximum atomic E-state index is 2.56. The van der Waals surface area contributed by atoms with E-state index in [4.69, 9.17) is 0 Å². The summed E-state index contributed by atoms with van der Waals surface area (Å²) >= 11 is 0. The molecule has 0 aliphatic heterocycles. The standard InChI is InChI=1S/C50H37NSi/c1-6-20-39(21-7-1)51(40-22-8-2-9-23-40)50-37-49-45-31-17-16-30-44(45)38(36-48(49)46-32-18-19-33-47(46)50)34-35-52(41-24-10-3-11-25-41,42-26-12-4-13-27-42)43-28-14-5-15-29-43/h1-37H. The Morgan fingerprint density at radius 1 is 0.327 bits per heavy atom. The lowest BCUT2D eigenvalue weighted by Crippen LogP contribution is -2.66. The van der Waals surface area contributed by atoms with Crippen LogP contribution in [0.1, 0.15) is 5.56 Å². The monoisotopic (exact) mass is 679 g/mol. The van der Waals surface area contributed by atoms with Gasteiger partial charge in [-0.2, -0.15) is 0 Å². The Morgan fingerprint density at radius 2 is 0.692 bits per heavy atom. The van der Waals surface area contributed by atoms with Crippen LogP contribution in [-0.4, -0.2) is 8.07 Å². The van der Waals surface area contributed by atoms with Gasteiger partial charge in [0.25, 0.3) is 0 Å².